The summed E-state index contributed by atoms with van der Waals surface area (Å²) < 4.78 is 6.20. The largest absolute Gasteiger partial charge is 0.489 e. The molecule has 2 N–H and O–H groups in total. The zero-order valence-corrected chi connectivity index (χ0v) is 24.6. The Morgan fingerprint density at radius 3 is 2.55 bits per heavy atom. The van der Waals surface area contributed by atoms with Gasteiger partial charge in [-0.2, -0.15) is 5.26 Å². The summed E-state index contributed by atoms with van der Waals surface area (Å²) in [5.74, 6) is 0.583. The Bertz CT molecular complexity index is 1650. The van der Waals surface area contributed by atoms with Gasteiger partial charge in [0.15, 0.2) is 5.78 Å². The van der Waals surface area contributed by atoms with E-state index in [1.165, 1.54) is 0 Å². The van der Waals surface area contributed by atoms with Crippen LogP contribution in [0.2, 0.25) is 10.0 Å². The van der Waals surface area contributed by atoms with Crippen LogP contribution in [0.25, 0.3) is 0 Å². The van der Waals surface area contributed by atoms with Crippen LogP contribution in [0, 0.1) is 39.0 Å². The molecule has 3 aromatic carbocycles. The summed E-state index contributed by atoms with van der Waals surface area (Å²) in [6.07, 6.45) is 1.84. The molecule has 7 heteroatoms. The molecule has 1 aliphatic heterocycles. The molecular formula is C33H31Cl2N3O2. The van der Waals surface area contributed by atoms with Crippen LogP contribution in [0.4, 0.5) is 5.69 Å². The number of anilines is 1. The fourth-order valence-corrected chi connectivity index (χ4v) is 6.25. The second-order valence-electron chi connectivity index (χ2n) is 10.5. The van der Waals surface area contributed by atoms with Gasteiger partial charge in [0.05, 0.1) is 23.2 Å². The van der Waals surface area contributed by atoms with Gasteiger partial charge >= 0.3 is 0 Å². The SMILES string of the molecule is Cc1cc(COc2ccc(Cl)cc2C)c(C)c(C2C(C#N)=C(N)N(c3cccc(Cl)c3C)C3=C2C(=O)CCC3)c1. The van der Waals surface area contributed by atoms with E-state index in [2.05, 4.69) is 18.2 Å². The molecule has 2 aliphatic rings. The highest BCUT2D eigenvalue weighted by atomic mass is 35.5. The highest BCUT2D eigenvalue weighted by Crippen LogP contribution is 2.48. The second kappa shape index (κ2) is 11.0. The number of nitrogens with zero attached hydrogens (tertiary/aromatic N) is 2. The zero-order valence-electron chi connectivity index (χ0n) is 23.1. The van der Waals surface area contributed by atoms with E-state index in [0.717, 1.165) is 56.9 Å². The maximum Gasteiger partial charge on any atom is 0.161 e. The van der Waals surface area contributed by atoms with Crippen LogP contribution in [-0.4, -0.2) is 5.78 Å². The Labute approximate surface area is 245 Å². The second-order valence-corrected chi connectivity index (χ2v) is 11.4. The summed E-state index contributed by atoms with van der Waals surface area (Å²) in [4.78, 5) is 15.5. The van der Waals surface area contributed by atoms with E-state index in [0.29, 0.717) is 46.5 Å². The fraction of sp³-hybridized carbons (Fsp3) is 0.273. The van der Waals surface area contributed by atoms with Crippen LogP contribution in [0.3, 0.4) is 0 Å². The number of Topliss-reactive ketones (excluding diaryl/α,β-unsaturated/α-hetero) is 1. The summed E-state index contributed by atoms with van der Waals surface area (Å²) in [6, 6.07) is 17.7. The van der Waals surface area contributed by atoms with Gasteiger partial charge in [0, 0.05) is 27.7 Å². The van der Waals surface area contributed by atoms with Crippen molar-refractivity contribution in [2.24, 2.45) is 5.73 Å². The van der Waals surface area contributed by atoms with Crippen LogP contribution in [0.5, 0.6) is 5.75 Å². The normalized spacial score (nSPS) is 17.2. The van der Waals surface area contributed by atoms with Crippen molar-refractivity contribution in [3.8, 4) is 11.8 Å². The lowest BCUT2D eigenvalue weighted by molar-refractivity contribution is -0.116. The highest BCUT2D eigenvalue weighted by molar-refractivity contribution is 6.31. The predicted octanol–water partition coefficient (Wildman–Crippen LogP) is 8.11. The molecule has 1 heterocycles. The number of aryl methyl sites for hydroxylation is 2. The molecular weight excluding hydrogens is 541 g/mol. The first kappa shape index (κ1) is 27.8. The number of allylic oxidation sites excluding steroid dienone is 3. The van der Waals surface area contributed by atoms with Crippen LogP contribution in [0.1, 0.15) is 58.6 Å². The van der Waals surface area contributed by atoms with Crippen molar-refractivity contribution in [3.63, 3.8) is 0 Å². The number of ether oxygens (including phenoxy) is 1. The first-order chi connectivity index (χ1) is 19.1. The minimum atomic E-state index is -0.556. The molecule has 1 unspecified atom stereocenters. The third kappa shape index (κ3) is 4.87. The number of carbonyl (C=O) groups excluding carboxylic acids is 1. The van der Waals surface area contributed by atoms with Crippen LogP contribution < -0.4 is 15.4 Å². The van der Waals surface area contributed by atoms with Crippen molar-refractivity contribution in [3.05, 3.63) is 115 Å². The molecule has 5 rings (SSSR count). The van der Waals surface area contributed by atoms with Crippen molar-refractivity contribution in [1.29, 1.82) is 5.26 Å². The smallest absolute Gasteiger partial charge is 0.161 e. The quantitative estimate of drug-likeness (QED) is 0.334. The van der Waals surface area contributed by atoms with Gasteiger partial charge in [0.2, 0.25) is 0 Å². The monoisotopic (exact) mass is 571 g/mol. The van der Waals surface area contributed by atoms with Gasteiger partial charge in [-0.15, -0.1) is 0 Å². The lowest BCUT2D eigenvalue weighted by atomic mass is 9.73. The van der Waals surface area contributed by atoms with E-state index in [1.807, 2.05) is 69.0 Å². The van der Waals surface area contributed by atoms with Gasteiger partial charge in [-0.3, -0.25) is 9.69 Å². The van der Waals surface area contributed by atoms with E-state index < -0.39 is 5.92 Å². The van der Waals surface area contributed by atoms with Crippen LogP contribution in [0.15, 0.2) is 71.2 Å². The maximum atomic E-state index is 13.6. The molecule has 0 radical (unpaired) electrons. The average Bonchev–Trinajstić information content (AvgIpc) is 2.91. The van der Waals surface area contributed by atoms with Gasteiger partial charge in [-0.1, -0.05) is 47.0 Å². The van der Waals surface area contributed by atoms with Gasteiger partial charge in [0.25, 0.3) is 0 Å². The maximum absolute atomic E-state index is 13.6. The van der Waals surface area contributed by atoms with Gasteiger partial charge in [0.1, 0.15) is 18.2 Å². The van der Waals surface area contributed by atoms with E-state index in [-0.39, 0.29) is 5.78 Å². The molecule has 1 atom stereocenters. The molecule has 0 fully saturated rings. The van der Waals surface area contributed by atoms with Gasteiger partial charge in [-0.25, -0.2) is 0 Å². The lowest BCUT2D eigenvalue weighted by Gasteiger charge is -2.40. The van der Waals surface area contributed by atoms with Crippen molar-refractivity contribution in [1.82, 2.24) is 0 Å². The van der Waals surface area contributed by atoms with E-state index in [4.69, 9.17) is 33.7 Å². The molecule has 204 valence electrons. The molecule has 0 spiro atoms. The minimum Gasteiger partial charge on any atom is -0.489 e. The average molecular weight is 573 g/mol. The number of halogens is 2. The van der Waals surface area contributed by atoms with Crippen molar-refractivity contribution in [2.75, 3.05) is 4.90 Å². The zero-order chi connectivity index (χ0) is 28.7. The van der Waals surface area contributed by atoms with Crippen molar-refractivity contribution in [2.45, 2.75) is 59.5 Å². The Morgan fingerprint density at radius 1 is 1.05 bits per heavy atom. The summed E-state index contributed by atoms with van der Waals surface area (Å²) in [7, 11) is 0. The molecule has 0 bridgehead atoms. The fourth-order valence-electron chi connectivity index (χ4n) is 5.85. The Morgan fingerprint density at radius 2 is 1.82 bits per heavy atom. The van der Waals surface area contributed by atoms with Gasteiger partial charge < -0.3 is 10.5 Å². The number of carbonyl (C=O) groups is 1. The Kier molecular flexibility index (Phi) is 7.68. The van der Waals surface area contributed by atoms with E-state index in [9.17, 15) is 10.1 Å². The molecule has 0 saturated carbocycles. The number of ketones is 1. The minimum absolute atomic E-state index is 0.0478. The number of rotatable bonds is 5. The molecule has 3 aromatic rings. The third-order valence-corrected chi connectivity index (χ3v) is 8.57. The molecule has 40 heavy (non-hydrogen) atoms. The summed E-state index contributed by atoms with van der Waals surface area (Å²) >= 11 is 12.6. The summed E-state index contributed by atoms with van der Waals surface area (Å²) in [5.41, 5.74) is 15.1. The first-order valence-corrected chi connectivity index (χ1v) is 14.1. The Balaban J connectivity index is 1.65. The molecule has 0 saturated heterocycles. The number of benzene rings is 3. The van der Waals surface area contributed by atoms with Crippen molar-refractivity contribution < 1.29 is 9.53 Å². The van der Waals surface area contributed by atoms with Gasteiger partial charge in [-0.05, 0) is 98.7 Å². The number of nitrogens with two attached hydrogens (primary N) is 1. The van der Waals surface area contributed by atoms with Crippen LogP contribution >= 0.6 is 23.2 Å². The molecule has 0 amide bonds. The molecule has 0 aromatic heterocycles. The van der Waals surface area contributed by atoms with E-state index >= 15 is 0 Å². The first-order valence-electron chi connectivity index (χ1n) is 13.3. The van der Waals surface area contributed by atoms with Crippen LogP contribution in [-0.2, 0) is 11.4 Å². The van der Waals surface area contributed by atoms with E-state index in [1.54, 1.807) is 0 Å². The topological polar surface area (TPSA) is 79.3 Å². The number of nitriles is 1. The predicted molar refractivity (Wildman–Crippen MR) is 161 cm³/mol. The number of hydrogen-bond acceptors (Lipinski definition) is 5. The standard InChI is InChI=1S/C33H31Cl2N3O2/c1-18-13-22(17-40-30-12-11-23(34)15-19(30)2)20(3)24(14-18)31-25(16-36)33(37)38(27-8-5-7-26(35)21(27)4)28-9-6-10-29(39)32(28)31/h5,7-8,11-15,31H,6,9-10,17,37H2,1-4H3. The van der Waals surface area contributed by atoms with Crippen molar-refractivity contribution >= 4 is 34.7 Å². The lowest BCUT2D eigenvalue weighted by Crippen LogP contribution is -2.39. The Hall–Kier alpha value is -3.72. The highest BCUT2D eigenvalue weighted by Gasteiger charge is 2.41. The third-order valence-electron chi connectivity index (χ3n) is 7.92. The number of hydrogen-bond donors (Lipinski definition) is 1. The molecule has 5 nitrogen and oxygen atoms in total. The molecule has 1 aliphatic carbocycles. The summed E-state index contributed by atoms with van der Waals surface area (Å²) in [6.45, 7) is 8.26. The summed E-state index contributed by atoms with van der Waals surface area (Å²) in [5, 5.41) is 11.7.